The third kappa shape index (κ3) is 2.47. The van der Waals surface area contributed by atoms with Crippen molar-refractivity contribution in [1.82, 2.24) is 0 Å². The van der Waals surface area contributed by atoms with Crippen LogP contribution in [0.2, 0.25) is 0 Å². The normalized spacial score (nSPS) is 16.3. The zero-order valence-electron chi connectivity index (χ0n) is 8.37. The van der Waals surface area contributed by atoms with Crippen LogP contribution in [0.5, 0.6) is 5.75 Å². The van der Waals surface area contributed by atoms with E-state index in [0.29, 0.717) is 11.3 Å². The van der Waals surface area contributed by atoms with Crippen molar-refractivity contribution in [3.05, 3.63) is 29.6 Å². The van der Waals surface area contributed by atoms with Gasteiger partial charge in [0.15, 0.2) is 0 Å². The molecule has 0 atom stereocenters. The Bertz CT molecular complexity index is 391. The molecule has 1 aliphatic rings. The van der Waals surface area contributed by atoms with Gasteiger partial charge < -0.3 is 4.74 Å². The fourth-order valence-electron chi connectivity index (χ4n) is 1.89. The molecule has 0 radical (unpaired) electrons. The maximum absolute atomic E-state index is 13.1. The first-order valence-electron chi connectivity index (χ1n) is 5.15. The molecule has 0 heterocycles. The number of nitrogens with zero attached hydrogens (tertiary/aromatic N) is 1. The van der Waals surface area contributed by atoms with E-state index in [1.165, 1.54) is 25.0 Å². The summed E-state index contributed by atoms with van der Waals surface area (Å²) in [6.45, 7) is 0. The van der Waals surface area contributed by atoms with E-state index in [1.54, 1.807) is 6.07 Å². The first-order valence-corrected chi connectivity index (χ1v) is 5.15. The van der Waals surface area contributed by atoms with Gasteiger partial charge in [0, 0.05) is 6.07 Å². The summed E-state index contributed by atoms with van der Waals surface area (Å²) in [4.78, 5) is 0. The monoisotopic (exact) mass is 205 g/mol. The van der Waals surface area contributed by atoms with Crippen molar-refractivity contribution in [2.24, 2.45) is 0 Å². The molecule has 0 unspecified atom stereocenters. The predicted octanol–water partition coefficient (Wildman–Crippen LogP) is 3.02. The van der Waals surface area contributed by atoms with Gasteiger partial charge in [0.2, 0.25) is 0 Å². The van der Waals surface area contributed by atoms with E-state index in [2.05, 4.69) is 0 Å². The highest BCUT2D eigenvalue weighted by molar-refractivity contribution is 5.37. The summed E-state index contributed by atoms with van der Waals surface area (Å²) < 4.78 is 18.7. The van der Waals surface area contributed by atoms with Gasteiger partial charge in [-0.15, -0.1) is 0 Å². The van der Waals surface area contributed by atoms with Crippen molar-refractivity contribution in [2.45, 2.75) is 31.8 Å². The fraction of sp³-hybridized carbons (Fsp3) is 0.417. The SMILES string of the molecule is N#Cc1cc(F)cc(OC2CCCC2)c1. The lowest BCUT2D eigenvalue weighted by Gasteiger charge is -2.12. The number of hydrogen-bond acceptors (Lipinski definition) is 2. The zero-order valence-corrected chi connectivity index (χ0v) is 8.37. The third-order valence-electron chi connectivity index (χ3n) is 2.61. The minimum Gasteiger partial charge on any atom is -0.490 e. The number of rotatable bonds is 2. The zero-order chi connectivity index (χ0) is 10.7. The second-order valence-electron chi connectivity index (χ2n) is 3.81. The number of hydrogen-bond donors (Lipinski definition) is 0. The van der Waals surface area contributed by atoms with Crippen LogP contribution in [0.25, 0.3) is 0 Å². The van der Waals surface area contributed by atoms with Crippen LogP contribution >= 0.6 is 0 Å². The minimum absolute atomic E-state index is 0.193. The Hall–Kier alpha value is -1.56. The van der Waals surface area contributed by atoms with E-state index in [-0.39, 0.29) is 6.10 Å². The molecule has 0 bridgehead atoms. The van der Waals surface area contributed by atoms with Gasteiger partial charge in [0.05, 0.1) is 17.7 Å². The van der Waals surface area contributed by atoms with Gasteiger partial charge in [-0.1, -0.05) is 0 Å². The van der Waals surface area contributed by atoms with Gasteiger partial charge in [-0.05, 0) is 37.8 Å². The lowest BCUT2D eigenvalue weighted by Crippen LogP contribution is -2.11. The Balaban J connectivity index is 2.13. The molecular formula is C12H12FNO. The molecule has 1 aromatic rings. The molecule has 2 nitrogen and oxygen atoms in total. The van der Waals surface area contributed by atoms with Crippen molar-refractivity contribution in [1.29, 1.82) is 5.26 Å². The maximum Gasteiger partial charge on any atom is 0.128 e. The summed E-state index contributed by atoms with van der Waals surface area (Å²) in [7, 11) is 0. The summed E-state index contributed by atoms with van der Waals surface area (Å²) in [6.07, 6.45) is 4.59. The smallest absolute Gasteiger partial charge is 0.128 e. The molecule has 78 valence electrons. The Morgan fingerprint density at radius 1 is 1.27 bits per heavy atom. The van der Waals surface area contributed by atoms with Crippen LogP contribution in [-0.4, -0.2) is 6.10 Å². The molecule has 1 fully saturated rings. The Morgan fingerprint density at radius 2 is 2.00 bits per heavy atom. The molecule has 3 heteroatoms. The van der Waals surface area contributed by atoms with Crippen molar-refractivity contribution >= 4 is 0 Å². The number of halogens is 1. The van der Waals surface area contributed by atoms with Crippen LogP contribution in [0.15, 0.2) is 18.2 Å². The van der Waals surface area contributed by atoms with E-state index in [9.17, 15) is 4.39 Å². The summed E-state index contributed by atoms with van der Waals surface area (Å²) >= 11 is 0. The molecule has 0 spiro atoms. The van der Waals surface area contributed by atoms with Gasteiger partial charge >= 0.3 is 0 Å². The molecule has 2 rings (SSSR count). The van der Waals surface area contributed by atoms with Gasteiger partial charge in [-0.3, -0.25) is 0 Å². The first-order chi connectivity index (χ1) is 7.28. The van der Waals surface area contributed by atoms with Gasteiger partial charge in [0.25, 0.3) is 0 Å². The molecular weight excluding hydrogens is 193 g/mol. The summed E-state index contributed by atoms with van der Waals surface area (Å²) in [6, 6.07) is 6.04. The number of ether oxygens (including phenoxy) is 1. The van der Waals surface area contributed by atoms with E-state index in [1.807, 2.05) is 6.07 Å². The van der Waals surface area contributed by atoms with Crippen LogP contribution in [0.4, 0.5) is 4.39 Å². The Morgan fingerprint density at radius 3 is 2.67 bits per heavy atom. The minimum atomic E-state index is -0.415. The second kappa shape index (κ2) is 4.31. The van der Waals surface area contributed by atoms with Gasteiger partial charge in [-0.2, -0.15) is 5.26 Å². The van der Waals surface area contributed by atoms with Crippen molar-refractivity contribution in [3.63, 3.8) is 0 Å². The van der Waals surface area contributed by atoms with Crippen LogP contribution in [0.3, 0.4) is 0 Å². The van der Waals surface area contributed by atoms with Crippen LogP contribution < -0.4 is 4.74 Å². The lowest BCUT2D eigenvalue weighted by molar-refractivity contribution is 0.209. The number of benzene rings is 1. The maximum atomic E-state index is 13.1. The lowest BCUT2D eigenvalue weighted by atomic mass is 10.2. The van der Waals surface area contributed by atoms with Gasteiger partial charge in [-0.25, -0.2) is 4.39 Å². The summed E-state index contributed by atoms with van der Waals surface area (Å²) in [5, 5.41) is 8.68. The highest BCUT2D eigenvalue weighted by Gasteiger charge is 2.16. The molecule has 0 aromatic heterocycles. The average molecular weight is 205 g/mol. The highest BCUT2D eigenvalue weighted by Crippen LogP contribution is 2.25. The molecule has 1 aromatic carbocycles. The Labute approximate surface area is 88.3 Å². The molecule has 1 aliphatic carbocycles. The summed E-state index contributed by atoms with van der Waals surface area (Å²) in [5.74, 6) is 0.0560. The fourth-order valence-corrected chi connectivity index (χ4v) is 1.89. The third-order valence-corrected chi connectivity index (χ3v) is 2.61. The van der Waals surface area contributed by atoms with E-state index >= 15 is 0 Å². The quantitative estimate of drug-likeness (QED) is 0.743. The standard InChI is InChI=1S/C12H12FNO/c13-10-5-9(8-14)6-12(7-10)15-11-3-1-2-4-11/h5-7,11H,1-4H2. The van der Waals surface area contributed by atoms with E-state index in [0.717, 1.165) is 12.8 Å². The topological polar surface area (TPSA) is 33.0 Å². The van der Waals surface area contributed by atoms with Crippen molar-refractivity contribution in [3.8, 4) is 11.8 Å². The predicted molar refractivity (Wildman–Crippen MR) is 54.0 cm³/mol. The molecule has 0 N–H and O–H groups in total. The van der Waals surface area contributed by atoms with E-state index in [4.69, 9.17) is 10.00 Å². The Kier molecular flexibility index (Phi) is 2.86. The summed E-state index contributed by atoms with van der Waals surface area (Å²) in [5.41, 5.74) is 0.308. The van der Waals surface area contributed by atoms with Crippen LogP contribution in [-0.2, 0) is 0 Å². The van der Waals surface area contributed by atoms with Gasteiger partial charge in [0.1, 0.15) is 11.6 Å². The first kappa shape index (κ1) is 9.97. The van der Waals surface area contributed by atoms with Crippen molar-refractivity contribution < 1.29 is 9.13 Å². The molecule has 0 amide bonds. The molecule has 0 aliphatic heterocycles. The van der Waals surface area contributed by atoms with Crippen LogP contribution in [0.1, 0.15) is 31.2 Å². The van der Waals surface area contributed by atoms with Crippen LogP contribution in [0, 0.1) is 17.1 Å². The highest BCUT2D eigenvalue weighted by atomic mass is 19.1. The average Bonchev–Trinajstić information content (AvgIpc) is 2.69. The largest absolute Gasteiger partial charge is 0.490 e. The molecule has 1 saturated carbocycles. The molecule has 0 saturated heterocycles. The number of nitriles is 1. The second-order valence-corrected chi connectivity index (χ2v) is 3.81. The van der Waals surface area contributed by atoms with Crippen molar-refractivity contribution in [2.75, 3.05) is 0 Å². The van der Waals surface area contributed by atoms with E-state index < -0.39 is 5.82 Å². The molecule has 15 heavy (non-hydrogen) atoms.